The van der Waals surface area contributed by atoms with Crippen LogP contribution in [0.1, 0.15) is 23.9 Å². The van der Waals surface area contributed by atoms with Crippen LogP contribution in [0.4, 0.5) is 5.82 Å². The zero-order valence-electron chi connectivity index (χ0n) is 12.3. The van der Waals surface area contributed by atoms with E-state index in [9.17, 15) is 4.79 Å². The summed E-state index contributed by atoms with van der Waals surface area (Å²) in [5, 5.41) is 14.8. The number of carbonyl (C=O) groups is 1. The minimum absolute atomic E-state index is 0.115. The Morgan fingerprint density at radius 2 is 2.33 bits per heavy atom. The van der Waals surface area contributed by atoms with Gasteiger partial charge in [-0.1, -0.05) is 0 Å². The molecule has 1 atom stereocenters. The van der Waals surface area contributed by atoms with Crippen molar-refractivity contribution >= 4 is 11.7 Å². The topological polar surface area (TPSA) is 76.8 Å². The maximum Gasteiger partial charge on any atom is 0.247 e. The number of hydrogen-bond acceptors (Lipinski definition) is 4. The minimum Gasteiger partial charge on any atom is -0.315 e. The van der Waals surface area contributed by atoms with Gasteiger partial charge in [0, 0.05) is 24.5 Å². The summed E-state index contributed by atoms with van der Waals surface area (Å²) < 4.78 is 3.61. The Morgan fingerprint density at radius 1 is 1.48 bits per heavy atom. The second-order valence-electron chi connectivity index (χ2n) is 5.46. The molecule has 3 rings (SSSR count). The molecule has 0 radical (unpaired) electrons. The highest BCUT2D eigenvalue weighted by atomic mass is 16.2. The van der Waals surface area contributed by atoms with Gasteiger partial charge in [0.05, 0.1) is 11.7 Å². The lowest BCUT2D eigenvalue weighted by atomic mass is 10.3. The van der Waals surface area contributed by atoms with Crippen LogP contribution >= 0.6 is 0 Å². The molecule has 1 saturated heterocycles. The molecule has 2 aromatic rings. The monoisotopic (exact) mass is 288 g/mol. The van der Waals surface area contributed by atoms with Gasteiger partial charge >= 0.3 is 0 Å². The third kappa shape index (κ3) is 3.13. The van der Waals surface area contributed by atoms with Crippen molar-refractivity contribution in [1.29, 1.82) is 0 Å². The fourth-order valence-electron chi connectivity index (χ4n) is 2.63. The lowest BCUT2D eigenvalue weighted by Gasteiger charge is -2.08. The van der Waals surface area contributed by atoms with Crippen molar-refractivity contribution in [2.24, 2.45) is 0 Å². The zero-order chi connectivity index (χ0) is 14.8. The Bertz CT molecular complexity index is 638. The largest absolute Gasteiger partial charge is 0.315 e. The van der Waals surface area contributed by atoms with Crippen molar-refractivity contribution in [3.63, 3.8) is 0 Å². The number of carbonyl (C=O) groups excluding carboxylic acids is 1. The second-order valence-corrected chi connectivity index (χ2v) is 5.46. The predicted molar refractivity (Wildman–Crippen MR) is 79.1 cm³/mol. The first-order valence-corrected chi connectivity index (χ1v) is 7.18. The molecule has 7 nitrogen and oxygen atoms in total. The van der Waals surface area contributed by atoms with E-state index in [1.54, 1.807) is 4.68 Å². The predicted octanol–water partition coefficient (Wildman–Crippen LogP) is 0.870. The van der Waals surface area contributed by atoms with Crippen molar-refractivity contribution in [2.75, 3.05) is 18.4 Å². The summed E-state index contributed by atoms with van der Waals surface area (Å²) in [6.07, 6.45) is 2.98. The van der Waals surface area contributed by atoms with Gasteiger partial charge in [-0.2, -0.15) is 10.2 Å². The zero-order valence-corrected chi connectivity index (χ0v) is 12.3. The van der Waals surface area contributed by atoms with Gasteiger partial charge in [-0.3, -0.25) is 14.2 Å². The van der Waals surface area contributed by atoms with Crippen LogP contribution in [-0.2, 0) is 11.3 Å². The van der Waals surface area contributed by atoms with Crippen LogP contribution in [0.5, 0.6) is 0 Å². The maximum absolute atomic E-state index is 12.0. The molecular weight excluding hydrogens is 268 g/mol. The van der Waals surface area contributed by atoms with Crippen LogP contribution in [0.2, 0.25) is 0 Å². The molecule has 0 aliphatic carbocycles. The van der Waals surface area contributed by atoms with E-state index in [0.29, 0.717) is 11.9 Å². The Labute approximate surface area is 123 Å². The van der Waals surface area contributed by atoms with Crippen molar-refractivity contribution < 1.29 is 4.79 Å². The maximum atomic E-state index is 12.0. The number of hydrogen-bond donors (Lipinski definition) is 2. The second kappa shape index (κ2) is 5.69. The van der Waals surface area contributed by atoms with Crippen molar-refractivity contribution in [3.8, 4) is 0 Å². The van der Waals surface area contributed by atoms with Crippen molar-refractivity contribution in [1.82, 2.24) is 24.9 Å². The van der Waals surface area contributed by atoms with E-state index in [-0.39, 0.29) is 12.5 Å². The third-order valence-electron chi connectivity index (χ3n) is 3.68. The van der Waals surface area contributed by atoms with Gasteiger partial charge in [-0.15, -0.1) is 0 Å². The Balaban J connectivity index is 1.61. The van der Waals surface area contributed by atoms with Gasteiger partial charge in [0.1, 0.15) is 6.54 Å². The molecule has 2 aromatic heterocycles. The van der Waals surface area contributed by atoms with Crippen LogP contribution < -0.4 is 10.6 Å². The van der Waals surface area contributed by atoms with Gasteiger partial charge < -0.3 is 10.6 Å². The number of amides is 1. The van der Waals surface area contributed by atoms with E-state index in [4.69, 9.17) is 0 Å². The van der Waals surface area contributed by atoms with Crippen LogP contribution in [0.15, 0.2) is 18.3 Å². The van der Waals surface area contributed by atoms with E-state index >= 15 is 0 Å². The number of aryl methyl sites for hydroxylation is 2. The van der Waals surface area contributed by atoms with Crippen LogP contribution in [0, 0.1) is 13.8 Å². The number of aromatic nitrogens is 4. The summed E-state index contributed by atoms with van der Waals surface area (Å²) in [5.74, 6) is 0.476. The Kier molecular flexibility index (Phi) is 3.74. The van der Waals surface area contributed by atoms with Crippen LogP contribution in [0.3, 0.4) is 0 Å². The van der Waals surface area contributed by atoms with Crippen molar-refractivity contribution in [2.45, 2.75) is 32.9 Å². The normalized spacial score (nSPS) is 18.1. The summed E-state index contributed by atoms with van der Waals surface area (Å²) in [6.45, 7) is 6.01. The average Bonchev–Trinajstić information content (AvgIpc) is 3.11. The molecule has 1 aliphatic heterocycles. The Hall–Kier alpha value is -2.15. The lowest BCUT2D eigenvalue weighted by Crippen LogP contribution is -2.21. The van der Waals surface area contributed by atoms with E-state index in [0.717, 1.165) is 30.9 Å². The summed E-state index contributed by atoms with van der Waals surface area (Å²) in [5.41, 5.74) is 1.89. The lowest BCUT2D eigenvalue weighted by molar-refractivity contribution is -0.117. The van der Waals surface area contributed by atoms with Crippen LogP contribution in [-0.4, -0.2) is 38.6 Å². The average molecular weight is 288 g/mol. The fraction of sp³-hybridized carbons (Fsp3) is 0.500. The summed E-state index contributed by atoms with van der Waals surface area (Å²) in [6, 6.07) is 4.17. The number of nitrogens with zero attached hydrogens (tertiary/aromatic N) is 4. The summed E-state index contributed by atoms with van der Waals surface area (Å²) >= 11 is 0. The molecule has 0 bridgehead atoms. The summed E-state index contributed by atoms with van der Waals surface area (Å²) in [7, 11) is 0. The van der Waals surface area contributed by atoms with Gasteiger partial charge in [-0.25, -0.2) is 0 Å². The molecule has 0 aromatic carbocycles. The highest BCUT2D eigenvalue weighted by Crippen LogP contribution is 2.15. The molecule has 1 aliphatic rings. The number of rotatable bonds is 4. The molecule has 0 saturated carbocycles. The third-order valence-corrected chi connectivity index (χ3v) is 3.68. The summed E-state index contributed by atoms with van der Waals surface area (Å²) in [4.78, 5) is 12.0. The first-order chi connectivity index (χ1) is 10.1. The fourth-order valence-corrected chi connectivity index (χ4v) is 2.63. The molecular formula is C14H20N6O. The SMILES string of the molecule is Cc1cc(C)n(CC(=O)Nc2ccn(C3CCNC3)n2)n1. The molecule has 7 heteroatoms. The molecule has 1 fully saturated rings. The van der Waals surface area contributed by atoms with Gasteiger partial charge in [-0.05, 0) is 32.9 Å². The van der Waals surface area contributed by atoms with E-state index in [1.807, 2.05) is 36.9 Å². The van der Waals surface area contributed by atoms with Crippen molar-refractivity contribution in [3.05, 3.63) is 29.7 Å². The smallest absolute Gasteiger partial charge is 0.247 e. The molecule has 3 heterocycles. The van der Waals surface area contributed by atoms with Gasteiger partial charge in [0.15, 0.2) is 5.82 Å². The van der Waals surface area contributed by atoms with Gasteiger partial charge in [0.2, 0.25) is 5.91 Å². The van der Waals surface area contributed by atoms with Crippen LogP contribution in [0.25, 0.3) is 0 Å². The first-order valence-electron chi connectivity index (χ1n) is 7.18. The number of nitrogens with one attached hydrogen (secondary N) is 2. The molecule has 1 amide bonds. The quantitative estimate of drug-likeness (QED) is 0.875. The Morgan fingerprint density at radius 3 is 3.00 bits per heavy atom. The van der Waals surface area contributed by atoms with E-state index in [2.05, 4.69) is 20.8 Å². The van der Waals surface area contributed by atoms with E-state index < -0.39 is 0 Å². The molecule has 112 valence electrons. The van der Waals surface area contributed by atoms with E-state index in [1.165, 1.54) is 0 Å². The number of anilines is 1. The molecule has 1 unspecified atom stereocenters. The standard InChI is InChI=1S/C14H20N6O/c1-10-7-11(2)20(17-10)9-14(21)16-13-4-6-19(18-13)12-3-5-15-8-12/h4,6-7,12,15H,3,5,8-9H2,1-2H3,(H,16,18,21). The molecule has 21 heavy (non-hydrogen) atoms. The highest BCUT2D eigenvalue weighted by molar-refractivity contribution is 5.89. The molecule has 0 spiro atoms. The highest BCUT2D eigenvalue weighted by Gasteiger charge is 2.17. The van der Waals surface area contributed by atoms with Gasteiger partial charge in [0.25, 0.3) is 0 Å². The molecule has 2 N–H and O–H groups in total. The first kappa shape index (κ1) is 13.8. The minimum atomic E-state index is -0.115.